The Hall–Kier alpha value is -1.99. The molecule has 1 saturated heterocycles. The number of fused-ring (bicyclic) bond motifs is 2. The molecular formula is C15H13ClN3O3S+. The van der Waals surface area contributed by atoms with Crippen LogP contribution in [0.3, 0.4) is 0 Å². The zero-order chi connectivity index (χ0) is 16.1. The molecule has 0 aliphatic carbocycles. The summed E-state index contributed by atoms with van der Waals surface area (Å²) in [5.41, 5.74) is 1.07. The number of aromatic nitrogens is 2. The molecule has 2 aliphatic heterocycles. The number of amides is 1. The molecular weight excluding hydrogens is 338 g/mol. The number of rotatable bonds is 3. The first-order valence-corrected chi connectivity index (χ1v) is 8.43. The van der Waals surface area contributed by atoms with Gasteiger partial charge in [-0.25, -0.2) is 9.36 Å². The van der Waals surface area contributed by atoms with Crippen LogP contribution in [0.1, 0.15) is 6.42 Å². The fourth-order valence-corrected chi connectivity index (χ4v) is 4.62. The van der Waals surface area contributed by atoms with E-state index in [2.05, 4.69) is 0 Å². The molecule has 2 aromatic heterocycles. The highest BCUT2D eigenvalue weighted by atomic mass is 35.5. The number of hydrogen-bond donors (Lipinski definition) is 1. The lowest BCUT2D eigenvalue weighted by Gasteiger charge is -2.43. The number of halogens is 1. The molecule has 118 valence electrons. The van der Waals surface area contributed by atoms with Crippen molar-refractivity contribution in [3.05, 3.63) is 47.6 Å². The van der Waals surface area contributed by atoms with Crippen LogP contribution in [0.4, 0.5) is 0 Å². The van der Waals surface area contributed by atoms with Crippen molar-refractivity contribution in [3.8, 4) is 0 Å². The Morgan fingerprint density at radius 2 is 2.30 bits per heavy atom. The van der Waals surface area contributed by atoms with Gasteiger partial charge in [0, 0.05) is 0 Å². The Morgan fingerprint density at radius 3 is 3.04 bits per heavy atom. The third-order valence-corrected chi connectivity index (χ3v) is 5.69. The fourth-order valence-electron chi connectivity index (χ4n) is 2.94. The van der Waals surface area contributed by atoms with Crippen LogP contribution in [-0.2, 0) is 16.1 Å². The standard InChI is InChI=1S/C15H12ClN3O3S/c16-12-2-1-9-7-17(3-4-18(9)12)8-10-5-11(15(21)22)19-13(20)6-14(19)23-10/h1-5,7,10,14H,6,8H2/p+1/t10?,14-/m1/s1. The maximum absolute atomic E-state index is 11.6. The molecule has 4 rings (SSSR count). The fraction of sp³-hybridized carbons (Fsp3) is 0.267. The first-order chi connectivity index (χ1) is 11.0. The quantitative estimate of drug-likeness (QED) is 0.673. The number of carbonyl (C=O) groups excluding carboxylic acids is 1. The van der Waals surface area contributed by atoms with E-state index in [1.54, 1.807) is 17.8 Å². The van der Waals surface area contributed by atoms with Gasteiger partial charge in [-0.3, -0.25) is 14.1 Å². The second-order valence-corrected chi connectivity index (χ2v) is 7.34. The third-order valence-electron chi connectivity index (χ3n) is 4.06. The van der Waals surface area contributed by atoms with Crippen LogP contribution in [0.5, 0.6) is 0 Å². The summed E-state index contributed by atoms with van der Waals surface area (Å²) in [6.45, 7) is 0.638. The Balaban J connectivity index is 1.61. The summed E-state index contributed by atoms with van der Waals surface area (Å²) in [4.78, 5) is 24.3. The van der Waals surface area contributed by atoms with Crippen molar-refractivity contribution >= 4 is 40.8 Å². The third kappa shape index (κ3) is 2.40. The Labute approximate surface area is 141 Å². The Kier molecular flexibility index (Phi) is 3.35. The maximum Gasteiger partial charge on any atom is 0.352 e. The van der Waals surface area contributed by atoms with Crippen molar-refractivity contribution in [2.75, 3.05) is 0 Å². The lowest BCUT2D eigenvalue weighted by atomic mass is 10.1. The van der Waals surface area contributed by atoms with Crippen LogP contribution in [0.2, 0.25) is 5.15 Å². The van der Waals surface area contributed by atoms with Gasteiger partial charge in [0.05, 0.1) is 23.2 Å². The van der Waals surface area contributed by atoms with E-state index in [-0.39, 0.29) is 22.2 Å². The van der Waals surface area contributed by atoms with Gasteiger partial charge in [0.2, 0.25) is 5.91 Å². The highest BCUT2D eigenvalue weighted by Crippen LogP contribution is 2.40. The molecule has 4 heterocycles. The molecule has 1 unspecified atom stereocenters. The van der Waals surface area contributed by atoms with Crippen molar-refractivity contribution in [1.29, 1.82) is 0 Å². The lowest BCUT2D eigenvalue weighted by molar-refractivity contribution is -0.694. The second-order valence-electron chi connectivity index (χ2n) is 5.53. The summed E-state index contributed by atoms with van der Waals surface area (Å²) in [6.07, 6.45) is 7.84. The van der Waals surface area contributed by atoms with Crippen LogP contribution in [0.15, 0.2) is 42.5 Å². The highest BCUT2D eigenvalue weighted by Gasteiger charge is 2.45. The Morgan fingerprint density at radius 1 is 1.48 bits per heavy atom. The van der Waals surface area contributed by atoms with E-state index in [1.807, 2.05) is 39.7 Å². The predicted octanol–water partition coefficient (Wildman–Crippen LogP) is 1.52. The van der Waals surface area contributed by atoms with Crippen LogP contribution in [0.25, 0.3) is 5.52 Å². The largest absolute Gasteiger partial charge is 0.477 e. The van der Waals surface area contributed by atoms with Gasteiger partial charge < -0.3 is 5.11 Å². The number of carboxylic acid groups (broad SMARTS) is 1. The van der Waals surface area contributed by atoms with Gasteiger partial charge in [-0.15, -0.1) is 11.8 Å². The molecule has 2 atom stereocenters. The van der Waals surface area contributed by atoms with Crippen LogP contribution in [0, 0.1) is 0 Å². The lowest BCUT2D eigenvalue weighted by Crippen LogP contribution is -2.55. The molecule has 0 spiro atoms. The van der Waals surface area contributed by atoms with Crippen LogP contribution < -0.4 is 4.57 Å². The first kappa shape index (κ1) is 14.6. The molecule has 1 N–H and O–H groups in total. The molecule has 0 aromatic carbocycles. The van der Waals surface area contributed by atoms with E-state index in [9.17, 15) is 14.7 Å². The van der Waals surface area contributed by atoms with Crippen molar-refractivity contribution in [3.63, 3.8) is 0 Å². The maximum atomic E-state index is 11.6. The Bertz CT molecular complexity index is 863. The number of carbonyl (C=O) groups is 2. The number of carboxylic acids is 1. The number of thioether (sulfide) groups is 1. The minimum Gasteiger partial charge on any atom is -0.477 e. The predicted molar refractivity (Wildman–Crippen MR) is 85.0 cm³/mol. The van der Waals surface area contributed by atoms with Gasteiger partial charge >= 0.3 is 5.97 Å². The van der Waals surface area contributed by atoms with E-state index >= 15 is 0 Å². The summed E-state index contributed by atoms with van der Waals surface area (Å²) >= 11 is 7.69. The van der Waals surface area contributed by atoms with E-state index in [0.717, 1.165) is 5.52 Å². The van der Waals surface area contributed by atoms with Crippen LogP contribution >= 0.6 is 23.4 Å². The molecule has 1 fully saturated rings. The smallest absolute Gasteiger partial charge is 0.352 e. The van der Waals surface area contributed by atoms with Gasteiger partial charge in [-0.05, 0) is 18.2 Å². The normalized spacial score (nSPS) is 23.4. The summed E-state index contributed by atoms with van der Waals surface area (Å²) in [5.74, 6) is -1.17. The molecule has 23 heavy (non-hydrogen) atoms. The SMILES string of the molecule is O=C(O)C1=CC(C[n+]2ccn3c(Cl)ccc3c2)S[C@@H]2CC(=O)N12. The number of nitrogens with zero attached hydrogens (tertiary/aromatic N) is 3. The monoisotopic (exact) mass is 350 g/mol. The first-order valence-electron chi connectivity index (χ1n) is 7.11. The summed E-state index contributed by atoms with van der Waals surface area (Å²) in [5, 5.41) is 9.91. The van der Waals surface area contributed by atoms with Crippen molar-refractivity contribution in [2.45, 2.75) is 23.6 Å². The van der Waals surface area contributed by atoms with Gasteiger partial charge in [0.15, 0.2) is 18.9 Å². The average Bonchev–Trinajstić information content (AvgIpc) is 2.86. The zero-order valence-electron chi connectivity index (χ0n) is 11.9. The van der Waals surface area contributed by atoms with E-state index < -0.39 is 5.97 Å². The molecule has 2 aliphatic rings. The van der Waals surface area contributed by atoms with Crippen molar-refractivity contribution in [1.82, 2.24) is 9.30 Å². The topological polar surface area (TPSA) is 65.9 Å². The molecule has 6 nitrogen and oxygen atoms in total. The minimum absolute atomic E-state index is 0.00772. The van der Waals surface area contributed by atoms with Gasteiger partial charge in [-0.2, -0.15) is 0 Å². The second kappa shape index (κ2) is 5.28. The summed E-state index contributed by atoms with van der Waals surface area (Å²) < 4.78 is 3.88. The zero-order valence-corrected chi connectivity index (χ0v) is 13.5. The van der Waals surface area contributed by atoms with E-state index in [1.165, 1.54) is 4.90 Å². The van der Waals surface area contributed by atoms with Crippen LogP contribution in [-0.4, -0.2) is 36.9 Å². The van der Waals surface area contributed by atoms with E-state index in [0.29, 0.717) is 18.1 Å². The molecule has 0 saturated carbocycles. The number of β-lactam (4-membered cyclic amide) rings is 1. The van der Waals surface area contributed by atoms with Gasteiger partial charge in [0.1, 0.15) is 16.4 Å². The van der Waals surface area contributed by atoms with Crippen molar-refractivity contribution in [2.24, 2.45) is 0 Å². The molecule has 0 radical (unpaired) electrons. The van der Waals surface area contributed by atoms with Gasteiger partial charge in [-0.1, -0.05) is 11.6 Å². The van der Waals surface area contributed by atoms with Crippen molar-refractivity contribution < 1.29 is 19.3 Å². The average molecular weight is 351 g/mol. The number of hydrogen-bond acceptors (Lipinski definition) is 3. The summed E-state index contributed by atoms with van der Waals surface area (Å²) in [6, 6.07) is 3.76. The summed E-state index contributed by atoms with van der Waals surface area (Å²) in [7, 11) is 0. The molecule has 2 aromatic rings. The van der Waals surface area contributed by atoms with Gasteiger partial charge in [0.25, 0.3) is 0 Å². The molecule has 1 amide bonds. The highest BCUT2D eigenvalue weighted by molar-refractivity contribution is 8.00. The molecule has 8 heteroatoms. The van der Waals surface area contributed by atoms with E-state index in [4.69, 9.17) is 11.6 Å². The molecule has 0 bridgehead atoms. The number of aliphatic carboxylic acids is 1. The minimum atomic E-state index is -1.05.